The average molecular weight is 350 g/mol. The van der Waals surface area contributed by atoms with Gasteiger partial charge in [0.05, 0.1) is 23.9 Å². The first-order valence-electron chi connectivity index (χ1n) is 8.71. The first-order valence-corrected chi connectivity index (χ1v) is 8.71. The minimum absolute atomic E-state index is 0.0401. The molecule has 3 rings (SSSR count). The van der Waals surface area contributed by atoms with E-state index in [0.29, 0.717) is 13.0 Å². The van der Waals surface area contributed by atoms with Gasteiger partial charge in [0.2, 0.25) is 11.8 Å². The van der Waals surface area contributed by atoms with E-state index in [0.717, 1.165) is 28.7 Å². The molecule has 0 spiro atoms. The van der Waals surface area contributed by atoms with Crippen molar-refractivity contribution in [3.05, 3.63) is 60.4 Å². The first kappa shape index (κ1) is 17.7. The summed E-state index contributed by atoms with van der Waals surface area (Å²) in [5.41, 5.74) is 3.76. The number of hydrogen-bond acceptors (Lipinski definition) is 3. The van der Waals surface area contributed by atoms with Gasteiger partial charge in [0.15, 0.2) is 0 Å². The van der Waals surface area contributed by atoms with Gasteiger partial charge in [-0.1, -0.05) is 37.3 Å². The van der Waals surface area contributed by atoms with E-state index in [1.807, 2.05) is 60.0 Å². The van der Waals surface area contributed by atoms with Crippen LogP contribution in [-0.4, -0.2) is 27.9 Å². The number of carbonyl (C=O) groups excluding carboxylic acids is 2. The number of aromatic nitrogens is 2. The summed E-state index contributed by atoms with van der Waals surface area (Å²) < 4.78 is 1.94. The highest BCUT2D eigenvalue weighted by Gasteiger charge is 2.09. The molecule has 0 bridgehead atoms. The van der Waals surface area contributed by atoms with Crippen molar-refractivity contribution in [3.63, 3.8) is 0 Å². The summed E-state index contributed by atoms with van der Waals surface area (Å²) in [6.45, 7) is 2.51. The van der Waals surface area contributed by atoms with Crippen LogP contribution in [0.25, 0.3) is 11.0 Å². The van der Waals surface area contributed by atoms with Crippen LogP contribution in [0.5, 0.6) is 0 Å². The number of para-hydroxylation sites is 3. The van der Waals surface area contributed by atoms with E-state index in [9.17, 15) is 9.59 Å². The molecule has 1 heterocycles. The van der Waals surface area contributed by atoms with Gasteiger partial charge in [-0.15, -0.1) is 0 Å². The van der Waals surface area contributed by atoms with Gasteiger partial charge in [0.25, 0.3) is 0 Å². The van der Waals surface area contributed by atoms with Gasteiger partial charge < -0.3 is 15.2 Å². The molecular weight excluding hydrogens is 328 g/mol. The SMILES string of the molecule is CCc1ccccc1NC(=O)CNC(=O)CCn1cnc2ccccc21. The molecule has 0 unspecified atom stereocenters. The van der Waals surface area contributed by atoms with Gasteiger partial charge in [0, 0.05) is 18.7 Å². The third-order valence-corrected chi connectivity index (χ3v) is 4.23. The Morgan fingerprint density at radius 3 is 2.65 bits per heavy atom. The topological polar surface area (TPSA) is 76.0 Å². The van der Waals surface area contributed by atoms with E-state index < -0.39 is 0 Å². The van der Waals surface area contributed by atoms with Crippen molar-refractivity contribution in [2.75, 3.05) is 11.9 Å². The molecule has 0 radical (unpaired) electrons. The lowest BCUT2D eigenvalue weighted by atomic mass is 10.1. The number of imidazole rings is 1. The molecule has 1 aromatic heterocycles. The Kier molecular flexibility index (Phi) is 5.63. The van der Waals surface area contributed by atoms with Crippen LogP contribution < -0.4 is 10.6 Å². The molecule has 0 fully saturated rings. The monoisotopic (exact) mass is 350 g/mol. The maximum absolute atomic E-state index is 12.1. The lowest BCUT2D eigenvalue weighted by Crippen LogP contribution is -2.33. The summed E-state index contributed by atoms with van der Waals surface area (Å²) in [6.07, 6.45) is 2.85. The van der Waals surface area contributed by atoms with Gasteiger partial charge in [-0.05, 0) is 30.2 Å². The molecule has 2 N–H and O–H groups in total. The zero-order valence-corrected chi connectivity index (χ0v) is 14.7. The summed E-state index contributed by atoms with van der Waals surface area (Å²) in [5, 5.41) is 5.51. The van der Waals surface area contributed by atoms with E-state index in [1.54, 1.807) is 6.33 Å². The zero-order valence-electron chi connectivity index (χ0n) is 14.7. The molecule has 0 aliphatic heterocycles. The minimum atomic E-state index is -0.229. The van der Waals surface area contributed by atoms with Crippen molar-refractivity contribution in [1.29, 1.82) is 0 Å². The Morgan fingerprint density at radius 2 is 1.81 bits per heavy atom. The Hall–Kier alpha value is -3.15. The van der Waals surface area contributed by atoms with E-state index in [4.69, 9.17) is 0 Å². The number of fused-ring (bicyclic) bond motifs is 1. The maximum Gasteiger partial charge on any atom is 0.243 e. The standard InChI is InChI=1S/C20H22N4O2/c1-2-15-7-3-4-8-16(15)23-20(26)13-21-19(25)11-12-24-14-22-17-9-5-6-10-18(17)24/h3-10,14H,2,11-13H2,1H3,(H,21,25)(H,23,26). The first-order chi connectivity index (χ1) is 12.7. The van der Waals surface area contributed by atoms with Gasteiger partial charge >= 0.3 is 0 Å². The quantitative estimate of drug-likeness (QED) is 0.688. The Bertz CT molecular complexity index is 917. The van der Waals surface area contributed by atoms with Crippen LogP contribution in [0, 0.1) is 0 Å². The molecule has 2 amide bonds. The summed E-state index contributed by atoms with van der Waals surface area (Å²) in [7, 11) is 0. The fraction of sp³-hybridized carbons (Fsp3) is 0.250. The summed E-state index contributed by atoms with van der Waals surface area (Å²) in [4.78, 5) is 28.4. The van der Waals surface area contributed by atoms with Crippen molar-refractivity contribution >= 4 is 28.5 Å². The minimum Gasteiger partial charge on any atom is -0.347 e. The van der Waals surface area contributed by atoms with Crippen molar-refractivity contribution in [2.45, 2.75) is 26.3 Å². The lowest BCUT2D eigenvalue weighted by Gasteiger charge is -2.10. The summed E-state index contributed by atoms with van der Waals surface area (Å²) in [6, 6.07) is 15.4. The van der Waals surface area contributed by atoms with Crippen molar-refractivity contribution in [2.24, 2.45) is 0 Å². The molecule has 26 heavy (non-hydrogen) atoms. The van der Waals surface area contributed by atoms with Crippen LogP contribution in [-0.2, 0) is 22.6 Å². The molecule has 6 heteroatoms. The number of anilines is 1. The predicted molar refractivity (Wildman–Crippen MR) is 102 cm³/mol. The number of rotatable bonds is 7. The molecule has 2 aromatic carbocycles. The van der Waals surface area contributed by atoms with Gasteiger partial charge in [-0.25, -0.2) is 4.98 Å². The third kappa shape index (κ3) is 4.27. The highest BCUT2D eigenvalue weighted by Crippen LogP contribution is 2.15. The van der Waals surface area contributed by atoms with E-state index in [-0.39, 0.29) is 18.4 Å². The van der Waals surface area contributed by atoms with Crippen molar-refractivity contribution in [3.8, 4) is 0 Å². The second kappa shape index (κ2) is 8.29. The van der Waals surface area contributed by atoms with Gasteiger partial charge in [-0.3, -0.25) is 9.59 Å². The smallest absolute Gasteiger partial charge is 0.243 e. The largest absolute Gasteiger partial charge is 0.347 e. The summed E-state index contributed by atoms with van der Waals surface area (Å²) >= 11 is 0. The second-order valence-electron chi connectivity index (χ2n) is 6.01. The third-order valence-electron chi connectivity index (χ3n) is 4.23. The fourth-order valence-electron chi connectivity index (χ4n) is 2.82. The molecule has 0 saturated carbocycles. The zero-order chi connectivity index (χ0) is 18.4. The molecule has 0 aliphatic carbocycles. The molecule has 6 nitrogen and oxygen atoms in total. The normalized spacial score (nSPS) is 10.7. The number of hydrogen-bond donors (Lipinski definition) is 2. The second-order valence-corrected chi connectivity index (χ2v) is 6.01. The predicted octanol–water partition coefficient (Wildman–Crippen LogP) is 2.74. The Labute approximate surface area is 152 Å². The number of nitrogens with zero attached hydrogens (tertiary/aromatic N) is 2. The maximum atomic E-state index is 12.1. The van der Waals surface area contributed by atoms with Gasteiger partial charge in [-0.2, -0.15) is 0 Å². The highest BCUT2D eigenvalue weighted by molar-refractivity contribution is 5.95. The molecular formula is C20H22N4O2. The number of benzene rings is 2. The molecule has 3 aromatic rings. The Morgan fingerprint density at radius 1 is 1.04 bits per heavy atom. The van der Waals surface area contributed by atoms with Crippen LogP contribution in [0.2, 0.25) is 0 Å². The van der Waals surface area contributed by atoms with E-state index in [1.165, 1.54) is 0 Å². The van der Waals surface area contributed by atoms with Crippen LogP contribution in [0.1, 0.15) is 18.9 Å². The van der Waals surface area contributed by atoms with Crippen LogP contribution in [0.15, 0.2) is 54.9 Å². The number of amides is 2. The molecule has 0 aliphatic rings. The van der Waals surface area contributed by atoms with Crippen LogP contribution in [0.3, 0.4) is 0 Å². The average Bonchev–Trinajstić information content (AvgIpc) is 3.08. The highest BCUT2D eigenvalue weighted by atomic mass is 16.2. The number of nitrogens with one attached hydrogen (secondary N) is 2. The molecule has 0 saturated heterocycles. The Balaban J connectivity index is 1.47. The van der Waals surface area contributed by atoms with E-state index >= 15 is 0 Å². The lowest BCUT2D eigenvalue weighted by molar-refractivity contribution is -0.124. The van der Waals surface area contributed by atoms with Crippen molar-refractivity contribution < 1.29 is 9.59 Å². The fourth-order valence-corrected chi connectivity index (χ4v) is 2.82. The summed E-state index contributed by atoms with van der Waals surface area (Å²) in [5.74, 6) is -0.394. The number of aryl methyl sites for hydroxylation is 2. The molecule has 0 atom stereocenters. The number of carbonyl (C=O) groups is 2. The molecule has 134 valence electrons. The van der Waals surface area contributed by atoms with E-state index in [2.05, 4.69) is 15.6 Å². The van der Waals surface area contributed by atoms with Crippen LogP contribution in [0.4, 0.5) is 5.69 Å². The van der Waals surface area contributed by atoms with Crippen molar-refractivity contribution in [1.82, 2.24) is 14.9 Å². The van der Waals surface area contributed by atoms with Gasteiger partial charge in [0.1, 0.15) is 0 Å². The van der Waals surface area contributed by atoms with Crippen LogP contribution >= 0.6 is 0 Å².